The van der Waals surface area contributed by atoms with Crippen molar-refractivity contribution >= 4 is 45.0 Å². The first-order valence-electron chi connectivity index (χ1n) is 9.53. The van der Waals surface area contributed by atoms with Crippen molar-refractivity contribution in [2.24, 2.45) is 0 Å². The van der Waals surface area contributed by atoms with Gasteiger partial charge in [0.2, 0.25) is 15.9 Å². The zero-order valence-electron chi connectivity index (χ0n) is 17.1. The zero-order valence-corrected chi connectivity index (χ0v) is 19.5. The Bertz CT molecular complexity index is 1130. The lowest BCUT2D eigenvalue weighted by Gasteiger charge is -2.26. The molecule has 31 heavy (non-hydrogen) atoms. The molecule has 1 saturated heterocycles. The first kappa shape index (κ1) is 23.7. The van der Waals surface area contributed by atoms with Crippen molar-refractivity contribution in [1.29, 1.82) is 0 Å². The number of ether oxygens (including phenoxy) is 1. The van der Waals surface area contributed by atoms with Crippen molar-refractivity contribution in [2.45, 2.75) is 29.8 Å². The molecule has 0 unspecified atom stereocenters. The topological polar surface area (TPSA) is 121 Å². The van der Waals surface area contributed by atoms with E-state index in [2.05, 4.69) is 15.3 Å². The first-order chi connectivity index (χ1) is 14.7. The summed E-state index contributed by atoms with van der Waals surface area (Å²) in [6, 6.07) is 4.31. The molecule has 0 saturated carbocycles. The molecule has 0 bridgehead atoms. The molecule has 1 aliphatic heterocycles. The summed E-state index contributed by atoms with van der Waals surface area (Å²) >= 11 is 7.47. The molecule has 1 aromatic heterocycles. The molecule has 0 spiro atoms. The van der Waals surface area contributed by atoms with Crippen molar-refractivity contribution in [2.75, 3.05) is 37.9 Å². The van der Waals surface area contributed by atoms with Gasteiger partial charge >= 0.3 is 0 Å². The molecular formula is C19H23ClN4O5S2. The van der Waals surface area contributed by atoms with E-state index < -0.39 is 10.0 Å². The SMILES string of the molecule is CSc1nc(C)c(CCC(=O)Nc2ccc(Cl)c(S(=O)(=O)N3CCOCC3)c2)c(=O)[nH]1. The maximum atomic E-state index is 12.9. The molecule has 2 heterocycles. The summed E-state index contributed by atoms with van der Waals surface area (Å²) in [6.07, 6.45) is 2.06. The van der Waals surface area contributed by atoms with Crippen LogP contribution < -0.4 is 10.9 Å². The first-order valence-corrected chi connectivity index (χ1v) is 12.6. The van der Waals surface area contributed by atoms with Crippen molar-refractivity contribution in [1.82, 2.24) is 14.3 Å². The van der Waals surface area contributed by atoms with Crippen LogP contribution in [0.1, 0.15) is 17.7 Å². The zero-order chi connectivity index (χ0) is 22.6. The van der Waals surface area contributed by atoms with Gasteiger partial charge in [-0.05, 0) is 37.8 Å². The Labute approximate surface area is 189 Å². The lowest BCUT2D eigenvalue weighted by molar-refractivity contribution is -0.116. The van der Waals surface area contributed by atoms with Gasteiger partial charge in [0.1, 0.15) is 4.90 Å². The van der Waals surface area contributed by atoms with E-state index in [4.69, 9.17) is 16.3 Å². The highest BCUT2D eigenvalue weighted by Gasteiger charge is 2.28. The van der Waals surface area contributed by atoms with E-state index in [-0.39, 0.29) is 47.3 Å². The van der Waals surface area contributed by atoms with Crippen LogP contribution in [0.25, 0.3) is 0 Å². The number of carbonyl (C=O) groups is 1. The van der Waals surface area contributed by atoms with Gasteiger partial charge in [-0.15, -0.1) is 0 Å². The number of sulfonamides is 1. The molecule has 2 aromatic rings. The Morgan fingerprint density at radius 3 is 2.71 bits per heavy atom. The van der Waals surface area contributed by atoms with Gasteiger partial charge in [0.25, 0.3) is 5.56 Å². The number of anilines is 1. The van der Waals surface area contributed by atoms with Gasteiger partial charge in [-0.25, -0.2) is 13.4 Å². The van der Waals surface area contributed by atoms with Crippen LogP contribution in [-0.2, 0) is 26.0 Å². The summed E-state index contributed by atoms with van der Waals surface area (Å²) in [6.45, 7) is 2.85. The minimum absolute atomic E-state index is 0.0401. The molecule has 1 aliphatic rings. The van der Waals surface area contributed by atoms with Gasteiger partial charge in [-0.1, -0.05) is 23.4 Å². The number of rotatable bonds is 7. The third kappa shape index (κ3) is 5.66. The van der Waals surface area contributed by atoms with Crippen LogP contribution in [0.4, 0.5) is 5.69 Å². The Balaban J connectivity index is 1.71. The van der Waals surface area contributed by atoms with E-state index in [0.29, 0.717) is 35.3 Å². The molecule has 0 aliphatic carbocycles. The highest BCUT2D eigenvalue weighted by molar-refractivity contribution is 7.98. The van der Waals surface area contributed by atoms with Gasteiger partial charge in [-0.3, -0.25) is 9.59 Å². The number of amides is 1. The van der Waals surface area contributed by atoms with Crippen LogP contribution in [-0.4, -0.2) is 61.2 Å². The van der Waals surface area contributed by atoms with Gasteiger partial charge in [0.05, 0.1) is 18.2 Å². The molecule has 12 heteroatoms. The van der Waals surface area contributed by atoms with Crippen LogP contribution in [0.2, 0.25) is 5.02 Å². The van der Waals surface area contributed by atoms with Crippen molar-refractivity contribution in [3.05, 3.63) is 44.8 Å². The third-order valence-corrected chi connectivity index (χ3v) is 7.76. The van der Waals surface area contributed by atoms with Crippen molar-refractivity contribution in [3.63, 3.8) is 0 Å². The number of carbonyl (C=O) groups excluding carboxylic acids is 1. The number of aryl methyl sites for hydroxylation is 1. The van der Waals surface area contributed by atoms with Crippen molar-refractivity contribution < 1.29 is 17.9 Å². The number of aromatic amines is 1. The number of hydrogen-bond donors (Lipinski definition) is 2. The Morgan fingerprint density at radius 1 is 1.35 bits per heavy atom. The molecular weight excluding hydrogens is 464 g/mol. The highest BCUT2D eigenvalue weighted by atomic mass is 35.5. The van der Waals surface area contributed by atoms with E-state index in [0.717, 1.165) is 0 Å². The normalized spacial score (nSPS) is 15.1. The van der Waals surface area contributed by atoms with Crippen molar-refractivity contribution in [3.8, 4) is 0 Å². The van der Waals surface area contributed by atoms with Crippen LogP contribution in [0.5, 0.6) is 0 Å². The molecule has 2 N–H and O–H groups in total. The number of H-pyrrole nitrogens is 1. The average Bonchev–Trinajstić information content (AvgIpc) is 2.74. The number of aromatic nitrogens is 2. The molecule has 9 nitrogen and oxygen atoms in total. The van der Waals surface area contributed by atoms with Gasteiger partial charge < -0.3 is 15.0 Å². The van der Waals surface area contributed by atoms with Gasteiger partial charge in [-0.2, -0.15) is 4.31 Å². The Kier molecular flexibility index (Phi) is 7.76. The van der Waals surface area contributed by atoms with Gasteiger partial charge in [0.15, 0.2) is 5.16 Å². The smallest absolute Gasteiger partial charge is 0.254 e. The summed E-state index contributed by atoms with van der Waals surface area (Å²) in [5.41, 5.74) is 1.06. The molecule has 1 aromatic carbocycles. The van der Waals surface area contributed by atoms with E-state index in [1.54, 1.807) is 6.92 Å². The van der Waals surface area contributed by atoms with Crippen LogP contribution in [0.15, 0.2) is 33.0 Å². The number of nitrogens with zero attached hydrogens (tertiary/aromatic N) is 2. The van der Waals surface area contributed by atoms with E-state index in [9.17, 15) is 18.0 Å². The minimum atomic E-state index is -3.81. The monoisotopic (exact) mass is 486 g/mol. The summed E-state index contributed by atoms with van der Waals surface area (Å²) < 4.78 is 32.3. The fourth-order valence-corrected chi connectivity index (χ4v) is 5.47. The van der Waals surface area contributed by atoms with Crippen LogP contribution in [0.3, 0.4) is 0 Å². The average molecular weight is 487 g/mol. The minimum Gasteiger partial charge on any atom is -0.379 e. The molecule has 0 radical (unpaired) electrons. The Hall–Kier alpha value is -1.92. The van der Waals surface area contributed by atoms with Crippen LogP contribution in [0, 0.1) is 6.92 Å². The fraction of sp³-hybridized carbons (Fsp3) is 0.421. The number of benzene rings is 1. The molecule has 168 valence electrons. The van der Waals surface area contributed by atoms with Gasteiger partial charge in [0, 0.05) is 36.5 Å². The van der Waals surface area contributed by atoms with E-state index in [1.807, 2.05) is 6.26 Å². The number of thioether (sulfide) groups is 1. The molecule has 3 rings (SSSR count). The van der Waals surface area contributed by atoms with Crippen LogP contribution >= 0.6 is 23.4 Å². The quantitative estimate of drug-likeness (QED) is 0.453. The second kappa shape index (κ2) is 10.1. The van der Waals surface area contributed by atoms with E-state index in [1.165, 1.54) is 34.3 Å². The molecule has 0 atom stereocenters. The number of morpholine rings is 1. The Morgan fingerprint density at radius 2 is 2.06 bits per heavy atom. The second-order valence-corrected chi connectivity index (χ2v) is 9.96. The van der Waals surface area contributed by atoms with E-state index >= 15 is 0 Å². The highest BCUT2D eigenvalue weighted by Crippen LogP contribution is 2.28. The predicted octanol–water partition coefficient (Wildman–Crippen LogP) is 2.05. The fourth-order valence-electron chi connectivity index (χ4n) is 3.14. The molecule has 1 amide bonds. The number of halogens is 1. The predicted molar refractivity (Wildman–Crippen MR) is 119 cm³/mol. The maximum absolute atomic E-state index is 12.9. The number of hydrogen-bond acceptors (Lipinski definition) is 7. The maximum Gasteiger partial charge on any atom is 0.254 e. The number of nitrogens with one attached hydrogen (secondary N) is 2. The lowest BCUT2D eigenvalue weighted by Crippen LogP contribution is -2.40. The summed E-state index contributed by atoms with van der Waals surface area (Å²) in [7, 11) is -3.81. The summed E-state index contributed by atoms with van der Waals surface area (Å²) in [4.78, 5) is 31.5. The second-order valence-electron chi connectivity index (χ2n) is 6.85. The standard InChI is InChI=1S/C19H23ClN4O5S2/c1-12-14(18(26)23-19(21-12)30-2)4-6-17(25)22-13-3-5-15(20)16(11-13)31(27,28)24-7-9-29-10-8-24/h3,5,11H,4,6-10H2,1-2H3,(H,22,25)(H,21,23,26). The largest absolute Gasteiger partial charge is 0.379 e. The third-order valence-electron chi connectivity index (χ3n) is 4.80. The summed E-state index contributed by atoms with van der Waals surface area (Å²) in [5, 5.41) is 3.27. The summed E-state index contributed by atoms with van der Waals surface area (Å²) in [5.74, 6) is -0.357. The molecule has 1 fully saturated rings. The lowest BCUT2D eigenvalue weighted by atomic mass is 10.1.